The van der Waals surface area contributed by atoms with Crippen molar-refractivity contribution in [3.63, 3.8) is 0 Å². The van der Waals surface area contributed by atoms with E-state index in [0.29, 0.717) is 24.8 Å². The van der Waals surface area contributed by atoms with E-state index in [0.717, 1.165) is 55.5 Å². The van der Waals surface area contributed by atoms with Crippen LogP contribution in [0.5, 0.6) is 0 Å². The van der Waals surface area contributed by atoms with Crippen LogP contribution in [0.2, 0.25) is 5.02 Å². The molecule has 4 rings (SSSR count). The summed E-state index contributed by atoms with van der Waals surface area (Å²) in [6, 6.07) is 8.08. The number of halogens is 1. The van der Waals surface area contributed by atoms with Crippen molar-refractivity contribution in [2.45, 2.75) is 44.6 Å². The van der Waals surface area contributed by atoms with E-state index >= 15 is 0 Å². The fraction of sp³-hybridized carbons (Fsp3) is 0.591. The van der Waals surface area contributed by atoms with Crippen LogP contribution in [0.3, 0.4) is 0 Å². The summed E-state index contributed by atoms with van der Waals surface area (Å²) < 4.78 is 5.31. The van der Waals surface area contributed by atoms with Gasteiger partial charge in [0, 0.05) is 17.5 Å². The van der Waals surface area contributed by atoms with Gasteiger partial charge in [-0.3, -0.25) is 14.6 Å². The van der Waals surface area contributed by atoms with Crippen LogP contribution in [-0.2, 0) is 4.79 Å². The number of aryl methyl sites for hydroxylation is 1. The monoisotopic (exact) mass is 431 g/mol. The predicted octanol–water partition coefficient (Wildman–Crippen LogP) is 3.16. The lowest BCUT2D eigenvalue weighted by molar-refractivity contribution is -0.122. The molecule has 1 N–H and O–H groups in total. The van der Waals surface area contributed by atoms with E-state index < -0.39 is 0 Å². The molecule has 1 amide bonds. The van der Waals surface area contributed by atoms with Crippen LogP contribution in [0.25, 0.3) is 0 Å². The molecular weight excluding hydrogens is 402 g/mol. The molecule has 0 aliphatic carbocycles. The van der Waals surface area contributed by atoms with Crippen molar-refractivity contribution in [2.24, 2.45) is 0 Å². The van der Waals surface area contributed by atoms with Gasteiger partial charge in [-0.25, -0.2) is 0 Å². The maximum Gasteiger partial charge on any atom is 0.234 e. The molecule has 8 heteroatoms. The molecule has 0 radical (unpaired) electrons. The first-order valence-corrected chi connectivity index (χ1v) is 11.3. The van der Waals surface area contributed by atoms with Crippen LogP contribution in [0.1, 0.15) is 54.9 Å². The molecule has 2 aromatic rings. The van der Waals surface area contributed by atoms with Gasteiger partial charge >= 0.3 is 0 Å². The highest BCUT2D eigenvalue weighted by molar-refractivity contribution is 6.31. The molecule has 1 atom stereocenters. The molecule has 2 saturated heterocycles. The van der Waals surface area contributed by atoms with Crippen molar-refractivity contribution in [1.29, 1.82) is 0 Å². The number of piperidine rings is 1. The fourth-order valence-corrected chi connectivity index (χ4v) is 4.78. The van der Waals surface area contributed by atoms with Gasteiger partial charge in [0.2, 0.25) is 11.8 Å². The van der Waals surface area contributed by atoms with Gasteiger partial charge in [-0.05, 0) is 70.4 Å². The Morgan fingerprint density at radius 1 is 1.23 bits per heavy atom. The maximum atomic E-state index is 12.7. The van der Waals surface area contributed by atoms with Gasteiger partial charge in [0.1, 0.15) is 0 Å². The lowest BCUT2D eigenvalue weighted by Crippen LogP contribution is -2.43. The molecule has 1 aromatic carbocycles. The summed E-state index contributed by atoms with van der Waals surface area (Å²) >= 11 is 6.47. The Bertz CT molecular complexity index is 844. The summed E-state index contributed by atoms with van der Waals surface area (Å²) in [4.78, 5) is 21.6. The molecule has 0 bridgehead atoms. The summed E-state index contributed by atoms with van der Waals surface area (Å²) in [7, 11) is 0. The molecule has 0 saturated carbocycles. The number of hydrogen-bond acceptors (Lipinski definition) is 6. The Balaban J connectivity index is 1.28. The molecule has 0 unspecified atom stereocenters. The second-order valence-electron chi connectivity index (χ2n) is 8.31. The molecule has 7 nitrogen and oxygen atoms in total. The van der Waals surface area contributed by atoms with Crippen molar-refractivity contribution in [2.75, 3.05) is 39.3 Å². The third kappa shape index (κ3) is 5.20. The summed E-state index contributed by atoms with van der Waals surface area (Å²) in [6.07, 6.45) is 4.27. The minimum Gasteiger partial charge on any atom is -0.353 e. The average molecular weight is 432 g/mol. The Hall–Kier alpha value is -1.96. The van der Waals surface area contributed by atoms with Gasteiger partial charge in [0.15, 0.2) is 5.82 Å². The van der Waals surface area contributed by atoms with Gasteiger partial charge in [-0.2, -0.15) is 4.98 Å². The van der Waals surface area contributed by atoms with Gasteiger partial charge < -0.3 is 9.84 Å². The van der Waals surface area contributed by atoms with Crippen molar-refractivity contribution in [3.8, 4) is 0 Å². The van der Waals surface area contributed by atoms with E-state index in [4.69, 9.17) is 16.1 Å². The van der Waals surface area contributed by atoms with E-state index in [1.54, 1.807) is 0 Å². The summed E-state index contributed by atoms with van der Waals surface area (Å²) in [5.41, 5.74) is 1.09. The largest absolute Gasteiger partial charge is 0.353 e. The van der Waals surface area contributed by atoms with Gasteiger partial charge in [0.05, 0.1) is 12.6 Å². The van der Waals surface area contributed by atoms with Gasteiger partial charge in [-0.15, -0.1) is 0 Å². The van der Waals surface area contributed by atoms with Crippen LogP contribution in [0, 0.1) is 6.92 Å². The zero-order valence-corrected chi connectivity index (χ0v) is 18.3. The molecule has 162 valence electrons. The van der Waals surface area contributed by atoms with E-state index in [2.05, 4.69) is 31.3 Å². The fourth-order valence-electron chi connectivity index (χ4n) is 4.52. The highest BCUT2D eigenvalue weighted by atomic mass is 35.5. The van der Waals surface area contributed by atoms with Gasteiger partial charge in [0.25, 0.3) is 0 Å². The predicted molar refractivity (Wildman–Crippen MR) is 115 cm³/mol. The highest BCUT2D eigenvalue weighted by Gasteiger charge is 2.28. The van der Waals surface area contributed by atoms with Crippen LogP contribution < -0.4 is 5.32 Å². The number of rotatable bonds is 7. The van der Waals surface area contributed by atoms with Crippen LogP contribution in [0.15, 0.2) is 28.8 Å². The smallest absolute Gasteiger partial charge is 0.234 e. The zero-order chi connectivity index (χ0) is 20.9. The first-order valence-electron chi connectivity index (χ1n) is 10.9. The SMILES string of the molecule is Cc1noc(C2CCN(CC(=O)NC[C@H](c3ccccc3Cl)N3CCCC3)CC2)n1. The normalized spacial score (nSPS) is 19.8. The standard InChI is InChI=1S/C22H30ClN5O2/c1-16-25-22(30-26-16)17-8-12-27(13-9-17)15-21(29)24-14-20(28-10-4-5-11-28)18-6-2-3-7-19(18)23/h2-3,6-7,17,20H,4-5,8-15H2,1H3,(H,24,29)/t20-/m1/s1. The summed E-state index contributed by atoms with van der Waals surface area (Å²) in [6.45, 7) is 6.66. The molecule has 30 heavy (non-hydrogen) atoms. The summed E-state index contributed by atoms with van der Waals surface area (Å²) in [5, 5.41) is 7.81. The first-order chi connectivity index (χ1) is 14.6. The Morgan fingerprint density at radius 2 is 1.97 bits per heavy atom. The number of hydrogen-bond donors (Lipinski definition) is 1. The Morgan fingerprint density at radius 3 is 2.63 bits per heavy atom. The lowest BCUT2D eigenvalue weighted by atomic mass is 9.97. The number of nitrogens with one attached hydrogen (secondary N) is 1. The van der Waals surface area contributed by atoms with E-state index in [1.807, 2.05) is 25.1 Å². The van der Waals surface area contributed by atoms with Crippen molar-refractivity contribution in [1.82, 2.24) is 25.3 Å². The molecule has 2 aliphatic heterocycles. The van der Waals surface area contributed by atoms with Crippen molar-refractivity contribution in [3.05, 3.63) is 46.6 Å². The minimum atomic E-state index is 0.0679. The molecule has 2 fully saturated rings. The van der Waals surface area contributed by atoms with Crippen LogP contribution >= 0.6 is 11.6 Å². The number of carbonyl (C=O) groups is 1. The van der Waals surface area contributed by atoms with Crippen molar-refractivity contribution >= 4 is 17.5 Å². The molecular formula is C22H30ClN5O2. The molecule has 2 aliphatic rings. The third-order valence-corrected chi connectivity index (χ3v) is 6.53. The number of carbonyl (C=O) groups excluding carboxylic acids is 1. The second kappa shape index (κ2) is 9.90. The first kappa shape index (κ1) is 21.3. The topological polar surface area (TPSA) is 74.5 Å². The highest BCUT2D eigenvalue weighted by Crippen LogP contribution is 2.30. The Kier molecular flexibility index (Phi) is 7.02. The average Bonchev–Trinajstić information content (AvgIpc) is 3.42. The molecule has 0 spiro atoms. The number of nitrogens with zero attached hydrogens (tertiary/aromatic N) is 4. The van der Waals surface area contributed by atoms with Gasteiger partial charge in [-0.1, -0.05) is 35.0 Å². The lowest BCUT2D eigenvalue weighted by Gasteiger charge is -2.31. The van der Waals surface area contributed by atoms with Crippen molar-refractivity contribution < 1.29 is 9.32 Å². The second-order valence-corrected chi connectivity index (χ2v) is 8.72. The molecule has 1 aromatic heterocycles. The number of likely N-dealkylation sites (tertiary alicyclic amines) is 2. The molecule has 3 heterocycles. The van der Waals surface area contributed by atoms with E-state index in [1.165, 1.54) is 12.8 Å². The Labute approximate surface area is 182 Å². The van der Waals surface area contributed by atoms with Crippen LogP contribution in [-0.4, -0.2) is 65.1 Å². The van der Waals surface area contributed by atoms with Crippen LogP contribution in [0.4, 0.5) is 0 Å². The minimum absolute atomic E-state index is 0.0679. The maximum absolute atomic E-state index is 12.7. The quantitative estimate of drug-likeness (QED) is 0.725. The number of amides is 1. The van der Waals surface area contributed by atoms with E-state index in [9.17, 15) is 4.79 Å². The number of benzene rings is 1. The third-order valence-electron chi connectivity index (χ3n) is 6.19. The summed E-state index contributed by atoms with van der Waals surface area (Å²) in [5.74, 6) is 1.77. The zero-order valence-electron chi connectivity index (χ0n) is 17.5. The van der Waals surface area contributed by atoms with E-state index in [-0.39, 0.29) is 11.9 Å². The number of aromatic nitrogens is 2.